The Balaban J connectivity index is 1.28. The molecule has 3 aromatic rings. The van der Waals surface area contributed by atoms with Gasteiger partial charge in [-0.05, 0) is 72.5 Å². The number of halogens is 2. The molecule has 0 bridgehead atoms. The summed E-state index contributed by atoms with van der Waals surface area (Å²) in [6.45, 7) is 8.44. The molecule has 3 aromatic carbocycles. The summed E-state index contributed by atoms with van der Waals surface area (Å²) in [6, 6.07) is 19.5. The Hall–Kier alpha value is -2.53. The lowest BCUT2D eigenvalue weighted by Gasteiger charge is -2.34. The monoisotopic (exact) mass is 482 g/mol. The number of benzene rings is 3. The first-order chi connectivity index (χ1) is 15.9. The summed E-state index contributed by atoms with van der Waals surface area (Å²) in [7, 11) is 0. The highest BCUT2D eigenvalue weighted by Gasteiger charge is 2.22. The second-order valence-electron chi connectivity index (χ2n) is 8.55. The Morgan fingerprint density at radius 3 is 2.03 bits per heavy atom. The molecule has 1 saturated heterocycles. The van der Waals surface area contributed by atoms with E-state index in [0.717, 1.165) is 65.2 Å². The number of carbonyl (C=O) groups excluding carboxylic acids is 1. The first kappa shape index (κ1) is 23.6. The van der Waals surface area contributed by atoms with Crippen LogP contribution >= 0.6 is 23.2 Å². The molecule has 1 fully saturated rings. The van der Waals surface area contributed by atoms with Gasteiger partial charge in [-0.1, -0.05) is 47.5 Å². The number of rotatable bonds is 6. The predicted octanol–water partition coefficient (Wildman–Crippen LogP) is 6.15. The van der Waals surface area contributed by atoms with Crippen molar-refractivity contribution in [2.45, 2.75) is 27.0 Å². The van der Waals surface area contributed by atoms with E-state index in [2.05, 4.69) is 17.0 Å². The van der Waals surface area contributed by atoms with Gasteiger partial charge in [-0.15, -0.1) is 0 Å². The van der Waals surface area contributed by atoms with E-state index >= 15 is 0 Å². The van der Waals surface area contributed by atoms with E-state index in [9.17, 15) is 4.79 Å². The SMILES string of the molecule is Cc1cc(OCc2ccc(C(=O)N3CCN(Cc4ccc(Cl)cc4)CC3)cc2)cc(C)c1Cl. The molecule has 1 aliphatic rings. The molecule has 0 atom stereocenters. The molecule has 0 spiro atoms. The molecule has 0 radical (unpaired) electrons. The summed E-state index contributed by atoms with van der Waals surface area (Å²) in [4.78, 5) is 17.3. The molecule has 0 aliphatic carbocycles. The quantitative estimate of drug-likeness (QED) is 0.422. The van der Waals surface area contributed by atoms with Gasteiger partial charge in [0.2, 0.25) is 0 Å². The average molecular weight is 483 g/mol. The van der Waals surface area contributed by atoms with Gasteiger partial charge in [0, 0.05) is 48.3 Å². The van der Waals surface area contributed by atoms with E-state index < -0.39 is 0 Å². The second kappa shape index (κ2) is 10.6. The topological polar surface area (TPSA) is 32.8 Å². The van der Waals surface area contributed by atoms with Crippen LogP contribution in [-0.2, 0) is 13.2 Å². The number of piperazine rings is 1. The van der Waals surface area contributed by atoms with Crippen molar-refractivity contribution >= 4 is 29.1 Å². The number of nitrogens with zero attached hydrogens (tertiary/aromatic N) is 2. The van der Waals surface area contributed by atoms with Crippen LogP contribution in [0.4, 0.5) is 0 Å². The summed E-state index contributed by atoms with van der Waals surface area (Å²) < 4.78 is 5.93. The lowest BCUT2D eigenvalue weighted by molar-refractivity contribution is 0.0628. The molecule has 33 heavy (non-hydrogen) atoms. The molecule has 0 unspecified atom stereocenters. The average Bonchev–Trinajstić information content (AvgIpc) is 2.83. The molecule has 1 amide bonds. The van der Waals surface area contributed by atoms with Crippen molar-refractivity contribution in [2.24, 2.45) is 0 Å². The molecule has 1 aliphatic heterocycles. The molecular formula is C27H28Cl2N2O2. The standard InChI is InChI=1S/C27H28Cl2N2O2/c1-19-15-25(16-20(2)26(19)29)33-18-22-3-7-23(8-4-22)27(32)31-13-11-30(12-14-31)17-21-5-9-24(28)10-6-21/h3-10,15-16H,11-14,17-18H2,1-2H3. The Labute approximate surface area is 205 Å². The zero-order valence-corrected chi connectivity index (χ0v) is 20.5. The van der Waals surface area contributed by atoms with Crippen LogP contribution in [0.15, 0.2) is 60.7 Å². The van der Waals surface area contributed by atoms with Crippen molar-refractivity contribution in [2.75, 3.05) is 26.2 Å². The summed E-state index contributed by atoms with van der Waals surface area (Å²) in [5.74, 6) is 0.878. The van der Waals surface area contributed by atoms with Gasteiger partial charge in [-0.25, -0.2) is 0 Å². The van der Waals surface area contributed by atoms with Crippen LogP contribution in [-0.4, -0.2) is 41.9 Å². The van der Waals surface area contributed by atoms with E-state index in [-0.39, 0.29) is 5.91 Å². The van der Waals surface area contributed by atoms with Crippen LogP contribution < -0.4 is 4.74 Å². The third-order valence-electron chi connectivity index (χ3n) is 6.00. The van der Waals surface area contributed by atoms with Crippen molar-refractivity contribution in [3.8, 4) is 5.75 Å². The Bertz CT molecular complexity index is 1080. The van der Waals surface area contributed by atoms with Gasteiger partial charge < -0.3 is 9.64 Å². The molecule has 6 heteroatoms. The smallest absolute Gasteiger partial charge is 0.253 e. The van der Waals surface area contributed by atoms with Crippen molar-refractivity contribution in [3.05, 3.63) is 98.5 Å². The number of amides is 1. The third-order valence-corrected chi connectivity index (χ3v) is 6.84. The lowest BCUT2D eigenvalue weighted by atomic mass is 10.1. The summed E-state index contributed by atoms with van der Waals surface area (Å²) in [5.41, 5.74) is 4.97. The highest BCUT2D eigenvalue weighted by molar-refractivity contribution is 6.32. The third kappa shape index (κ3) is 6.08. The van der Waals surface area contributed by atoms with Crippen LogP contribution in [0, 0.1) is 13.8 Å². The Morgan fingerprint density at radius 2 is 1.42 bits per heavy atom. The Morgan fingerprint density at radius 1 is 0.848 bits per heavy atom. The molecule has 0 N–H and O–H groups in total. The van der Waals surface area contributed by atoms with Crippen LogP contribution in [0.1, 0.15) is 32.6 Å². The van der Waals surface area contributed by atoms with Crippen LogP contribution in [0.2, 0.25) is 10.0 Å². The first-order valence-electron chi connectivity index (χ1n) is 11.1. The number of hydrogen-bond acceptors (Lipinski definition) is 3. The largest absolute Gasteiger partial charge is 0.489 e. The fourth-order valence-corrected chi connectivity index (χ4v) is 4.27. The first-order valence-corrected chi connectivity index (χ1v) is 11.9. The maximum absolute atomic E-state index is 12.9. The Kier molecular flexibility index (Phi) is 7.59. The molecule has 4 rings (SSSR count). The number of carbonyl (C=O) groups is 1. The van der Waals surface area contributed by atoms with E-state index in [1.165, 1.54) is 5.56 Å². The molecule has 0 saturated carbocycles. The molecule has 1 heterocycles. The maximum atomic E-state index is 12.9. The van der Waals surface area contributed by atoms with Crippen molar-refractivity contribution in [1.29, 1.82) is 0 Å². The van der Waals surface area contributed by atoms with E-state index in [1.807, 2.05) is 67.3 Å². The normalized spacial score (nSPS) is 14.4. The summed E-state index contributed by atoms with van der Waals surface area (Å²) in [6.07, 6.45) is 0. The van der Waals surface area contributed by atoms with Crippen LogP contribution in [0.25, 0.3) is 0 Å². The minimum absolute atomic E-state index is 0.0811. The van der Waals surface area contributed by atoms with Crippen molar-refractivity contribution in [1.82, 2.24) is 9.80 Å². The fourth-order valence-electron chi connectivity index (χ4n) is 4.04. The van der Waals surface area contributed by atoms with Crippen LogP contribution in [0.5, 0.6) is 5.75 Å². The van der Waals surface area contributed by atoms with E-state index in [4.69, 9.17) is 27.9 Å². The van der Waals surface area contributed by atoms with Gasteiger partial charge in [0.05, 0.1) is 0 Å². The van der Waals surface area contributed by atoms with Crippen molar-refractivity contribution < 1.29 is 9.53 Å². The van der Waals surface area contributed by atoms with Gasteiger partial charge >= 0.3 is 0 Å². The van der Waals surface area contributed by atoms with Gasteiger partial charge in [0.15, 0.2) is 0 Å². The molecule has 172 valence electrons. The molecule has 4 nitrogen and oxygen atoms in total. The molecule has 0 aromatic heterocycles. The molecular weight excluding hydrogens is 455 g/mol. The lowest BCUT2D eigenvalue weighted by Crippen LogP contribution is -2.48. The minimum atomic E-state index is 0.0811. The van der Waals surface area contributed by atoms with Gasteiger partial charge in [-0.2, -0.15) is 0 Å². The maximum Gasteiger partial charge on any atom is 0.253 e. The summed E-state index contributed by atoms with van der Waals surface area (Å²) in [5, 5.41) is 1.53. The highest BCUT2D eigenvalue weighted by atomic mass is 35.5. The second-order valence-corrected chi connectivity index (χ2v) is 9.37. The number of hydrogen-bond donors (Lipinski definition) is 0. The van der Waals surface area contributed by atoms with E-state index in [1.54, 1.807) is 0 Å². The van der Waals surface area contributed by atoms with Gasteiger partial charge in [0.1, 0.15) is 12.4 Å². The highest BCUT2D eigenvalue weighted by Crippen LogP contribution is 2.26. The minimum Gasteiger partial charge on any atom is -0.489 e. The predicted molar refractivity (Wildman–Crippen MR) is 134 cm³/mol. The zero-order valence-electron chi connectivity index (χ0n) is 19.0. The van der Waals surface area contributed by atoms with Crippen molar-refractivity contribution in [3.63, 3.8) is 0 Å². The number of aryl methyl sites for hydroxylation is 2. The number of ether oxygens (including phenoxy) is 1. The van der Waals surface area contributed by atoms with Gasteiger partial charge in [0.25, 0.3) is 5.91 Å². The fraction of sp³-hybridized carbons (Fsp3) is 0.296. The van der Waals surface area contributed by atoms with Crippen LogP contribution in [0.3, 0.4) is 0 Å². The van der Waals surface area contributed by atoms with Gasteiger partial charge in [-0.3, -0.25) is 9.69 Å². The summed E-state index contributed by atoms with van der Waals surface area (Å²) >= 11 is 12.2. The zero-order chi connectivity index (χ0) is 23.4. The van der Waals surface area contributed by atoms with E-state index in [0.29, 0.717) is 12.2 Å².